The fourth-order valence-corrected chi connectivity index (χ4v) is 13.7. The predicted molar refractivity (Wildman–Crippen MR) is 178 cm³/mol. The molecular weight excluding hydrogens is 529 g/mol. The van der Waals surface area contributed by atoms with Gasteiger partial charge in [-0.25, -0.2) is 0 Å². The highest BCUT2D eigenvalue weighted by Gasteiger charge is 2.56. The molecule has 1 saturated carbocycles. The zero-order valence-corrected chi connectivity index (χ0v) is 26.8. The molecule has 5 rings (SSSR count). The second-order valence-electron chi connectivity index (χ2n) is 13.2. The fraction of sp³-hybridized carbons (Fsp3) is 0.359. The van der Waals surface area contributed by atoms with E-state index < -0.39 is 13.5 Å². The summed E-state index contributed by atoms with van der Waals surface area (Å²) >= 11 is 0. The zero-order valence-electron chi connectivity index (χ0n) is 25.8. The Kier molecular flexibility index (Phi) is 9.30. The molecule has 0 unspecified atom stereocenters. The zero-order chi connectivity index (χ0) is 29.6. The average Bonchev–Trinajstić information content (AvgIpc) is 2.99. The Balaban J connectivity index is 1.73. The first kappa shape index (κ1) is 30.2. The van der Waals surface area contributed by atoms with Crippen molar-refractivity contribution in [3.8, 4) is 0 Å². The Morgan fingerprint density at radius 2 is 1.14 bits per heavy atom. The number of hydrogen-bond donors (Lipinski definition) is 0. The van der Waals surface area contributed by atoms with Crippen LogP contribution in [-0.2, 0) is 22.4 Å². The summed E-state index contributed by atoms with van der Waals surface area (Å²) in [6, 6.07) is 44.8. The molecule has 4 aromatic carbocycles. The van der Waals surface area contributed by atoms with E-state index in [-0.39, 0.29) is 17.1 Å². The summed E-state index contributed by atoms with van der Waals surface area (Å²) in [4.78, 5) is 14.8. The first-order valence-electron chi connectivity index (χ1n) is 15.6. The van der Waals surface area contributed by atoms with Crippen molar-refractivity contribution < 1.29 is 9.53 Å². The van der Waals surface area contributed by atoms with Gasteiger partial charge >= 0.3 is 0 Å². The lowest BCUT2D eigenvalue weighted by Crippen LogP contribution is -2.66. The third-order valence-electron chi connectivity index (χ3n) is 9.79. The number of rotatable bonds is 10. The highest BCUT2D eigenvalue weighted by Crippen LogP contribution is 2.51. The summed E-state index contributed by atoms with van der Waals surface area (Å²) in [6.45, 7) is 9.98. The quantitative estimate of drug-likeness (QED) is 0.180. The number of carbonyl (C=O) groups excluding carboxylic acids is 1. The summed E-state index contributed by atoms with van der Waals surface area (Å²) in [7, 11) is -2.45. The van der Waals surface area contributed by atoms with Crippen molar-refractivity contribution in [3.05, 3.63) is 132 Å². The minimum absolute atomic E-state index is 0.0164. The first-order chi connectivity index (χ1) is 20.3. The number of ketones is 1. The second-order valence-corrected chi connectivity index (χ2v) is 18.1. The monoisotopic (exact) mass is 574 g/mol. The van der Waals surface area contributed by atoms with Crippen molar-refractivity contribution in [2.24, 2.45) is 11.3 Å². The van der Waals surface area contributed by atoms with Gasteiger partial charge in [-0.2, -0.15) is 0 Å². The Labute approximate surface area is 254 Å². The lowest BCUT2D eigenvalue weighted by atomic mass is 9.59. The Morgan fingerprint density at radius 1 is 0.714 bits per heavy atom. The van der Waals surface area contributed by atoms with Gasteiger partial charge < -0.3 is 4.74 Å². The van der Waals surface area contributed by atoms with Crippen LogP contribution in [0, 0.1) is 11.3 Å². The van der Waals surface area contributed by atoms with Gasteiger partial charge in [-0.15, -0.1) is 0 Å². The molecule has 2 nitrogen and oxygen atoms in total. The summed E-state index contributed by atoms with van der Waals surface area (Å²) in [5.41, 5.74) is 1.97. The maximum absolute atomic E-state index is 14.8. The molecule has 1 aliphatic carbocycles. The molecule has 0 heterocycles. The van der Waals surface area contributed by atoms with Crippen LogP contribution in [0.2, 0.25) is 11.1 Å². The third kappa shape index (κ3) is 6.09. The van der Waals surface area contributed by atoms with Gasteiger partial charge in [0.25, 0.3) is 0 Å². The SMILES string of the molecule is CCO[C@H]1CC(=O)C(Cc2ccccc2)(Cc2ccccc2)[C@@H](C[Si](c2ccccc2)(c2ccccc2)C(C)(C)C)C1. The molecule has 0 radical (unpaired) electrons. The van der Waals surface area contributed by atoms with E-state index in [2.05, 4.69) is 149 Å². The van der Waals surface area contributed by atoms with E-state index in [1.165, 1.54) is 21.5 Å². The Hall–Kier alpha value is -3.27. The molecule has 0 spiro atoms. The van der Waals surface area contributed by atoms with Gasteiger partial charge in [-0.3, -0.25) is 4.79 Å². The molecule has 3 heteroatoms. The summed E-state index contributed by atoms with van der Waals surface area (Å²) in [5, 5.41) is 2.91. The summed E-state index contributed by atoms with van der Waals surface area (Å²) < 4.78 is 6.28. The molecule has 1 fully saturated rings. The lowest BCUT2D eigenvalue weighted by Gasteiger charge is -2.52. The van der Waals surface area contributed by atoms with Crippen molar-refractivity contribution in [3.63, 3.8) is 0 Å². The highest BCUT2D eigenvalue weighted by atomic mass is 28.3. The van der Waals surface area contributed by atoms with Gasteiger partial charge in [0.1, 0.15) is 13.9 Å². The topological polar surface area (TPSA) is 26.3 Å². The van der Waals surface area contributed by atoms with Gasteiger partial charge in [-0.1, -0.05) is 152 Å². The minimum atomic E-state index is -2.45. The van der Waals surface area contributed by atoms with Gasteiger partial charge in [0.15, 0.2) is 0 Å². The van der Waals surface area contributed by atoms with E-state index in [1.807, 2.05) is 0 Å². The van der Waals surface area contributed by atoms with Crippen LogP contribution < -0.4 is 10.4 Å². The molecule has 218 valence electrons. The lowest BCUT2D eigenvalue weighted by molar-refractivity contribution is -0.141. The van der Waals surface area contributed by atoms with Gasteiger partial charge in [0, 0.05) is 18.4 Å². The summed E-state index contributed by atoms with van der Waals surface area (Å²) in [5.74, 6) is 0.532. The molecule has 2 atom stereocenters. The number of hydrogen-bond acceptors (Lipinski definition) is 2. The molecule has 0 aromatic heterocycles. The predicted octanol–water partition coefficient (Wildman–Crippen LogP) is 7.91. The van der Waals surface area contributed by atoms with E-state index in [0.717, 1.165) is 25.3 Å². The third-order valence-corrected chi connectivity index (χ3v) is 16.1. The molecule has 4 aromatic rings. The van der Waals surface area contributed by atoms with Crippen molar-refractivity contribution in [2.45, 2.75) is 70.6 Å². The van der Waals surface area contributed by atoms with Crippen molar-refractivity contribution in [1.82, 2.24) is 0 Å². The molecule has 0 aliphatic heterocycles. The highest BCUT2D eigenvalue weighted by molar-refractivity contribution is 7.04. The van der Waals surface area contributed by atoms with Crippen LogP contribution in [0.1, 0.15) is 51.7 Å². The van der Waals surface area contributed by atoms with Crippen LogP contribution in [0.25, 0.3) is 0 Å². The second kappa shape index (κ2) is 12.9. The fourth-order valence-electron chi connectivity index (χ4n) is 7.76. The van der Waals surface area contributed by atoms with E-state index in [4.69, 9.17) is 4.74 Å². The molecule has 0 bridgehead atoms. The summed E-state index contributed by atoms with van der Waals surface area (Å²) in [6.07, 6.45) is 2.87. The molecule has 42 heavy (non-hydrogen) atoms. The van der Waals surface area contributed by atoms with Crippen LogP contribution in [0.4, 0.5) is 0 Å². The largest absolute Gasteiger partial charge is 0.378 e. The number of Topliss-reactive ketones (excluding diaryl/α,β-unsaturated/α-hetero) is 1. The van der Waals surface area contributed by atoms with Gasteiger partial charge in [0.05, 0.1) is 6.10 Å². The van der Waals surface area contributed by atoms with Crippen LogP contribution in [-0.4, -0.2) is 26.6 Å². The normalized spacial score (nSPS) is 19.0. The Bertz CT molecular complexity index is 1330. The van der Waals surface area contributed by atoms with Crippen LogP contribution in [0.5, 0.6) is 0 Å². The number of carbonyl (C=O) groups is 1. The maximum atomic E-state index is 14.8. The van der Waals surface area contributed by atoms with Crippen LogP contribution in [0.15, 0.2) is 121 Å². The molecule has 0 saturated heterocycles. The standard InChI is InChI=1S/C39H46O2Si/c1-5-41-34-26-33(30-42(38(2,3)4,35-22-14-8-15-23-35)36-24-16-9-17-25-36)39(37(40)27-34,28-31-18-10-6-11-19-31)29-32-20-12-7-13-21-32/h6-25,33-34H,5,26-30H2,1-4H3/t33-,34-/m1/s1. The average molecular weight is 575 g/mol. The van der Waals surface area contributed by atoms with E-state index in [1.54, 1.807) is 0 Å². The number of benzene rings is 4. The number of ether oxygens (including phenoxy) is 1. The maximum Gasteiger partial charge on any atom is 0.142 e. The van der Waals surface area contributed by atoms with Crippen LogP contribution in [0.3, 0.4) is 0 Å². The van der Waals surface area contributed by atoms with Gasteiger partial charge in [-0.05, 0) is 54.3 Å². The van der Waals surface area contributed by atoms with Gasteiger partial charge in [0.2, 0.25) is 0 Å². The van der Waals surface area contributed by atoms with E-state index >= 15 is 0 Å². The van der Waals surface area contributed by atoms with E-state index in [9.17, 15) is 4.79 Å². The smallest absolute Gasteiger partial charge is 0.142 e. The molecule has 1 aliphatic rings. The molecular formula is C39H46O2Si. The Morgan fingerprint density at radius 3 is 1.55 bits per heavy atom. The van der Waals surface area contributed by atoms with Crippen molar-refractivity contribution in [1.29, 1.82) is 0 Å². The van der Waals surface area contributed by atoms with Crippen molar-refractivity contribution in [2.75, 3.05) is 6.61 Å². The first-order valence-corrected chi connectivity index (χ1v) is 17.8. The van der Waals surface area contributed by atoms with Crippen molar-refractivity contribution >= 4 is 24.2 Å². The van der Waals surface area contributed by atoms with Crippen LogP contribution >= 0.6 is 0 Å². The molecule has 0 N–H and O–H groups in total. The minimum Gasteiger partial charge on any atom is -0.378 e. The van der Waals surface area contributed by atoms with E-state index in [0.29, 0.717) is 18.8 Å². The molecule has 0 amide bonds.